The molecule has 1 fully saturated rings. The lowest BCUT2D eigenvalue weighted by Crippen LogP contribution is -2.38. The molecular formula is C23H15B4F3N6O4. The highest BCUT2D eigenvalue weighted by molar-refractivity contribution is 6.56. The Balaban J connectivity index is 1.71. The Morgan fingerprint density at radius 3 is 2.33 bits per heavy atom. The number of aliphatic hydroxyl groups is 2. The molecule has 0 bridgehead atoms. The standard InChI is InChI=1S/C23H15B4F3N6O4/c24-22(25,26)36-17(11-4-2-1-3-5-11)12(9-33-36)15-16-13(31-10-32-15)8-14(40-23(27,38)39)18(34-16)35-19(37)20(6-7-20)21(28,29)30/h1-5,8-10,38-39H,6-7H2,(H,34,35,37). The second-order valence-corrected chi connectivity index (χ2v) is 9.29. The number of fused-ring (bicyclic) bond motifs is 1. The number of hydrogen-bond acceptors (Lipinski definition) is 8. The fourth-order valence-electron chi connectivity index (χ4n) is 4.17. The molecule has 3 N–H and O–H groups in total. The fraction of sp³-hybridized carbons (Fsp3) is 0.261. The quantitative estimate of drug-likeness (QED) is 0.234. The van der Waals surface area contributed by atoms with Crippen molar-refractivity contribution in [2.45, 2.75) is 30.1 Å². The highest BCUT2D eigenvalue weighted by Crippen LogP contribution is 2.58. The second kappa shape index (κ2) is 9.37. The number of carbonyl (C=O) groups is 1. The normalized spacial score (nSPS) is 15.1. The van der Waals surface area contributed by atoms with Crippen LogP contribution in [0.25, 0.3) is 33.5 Å². The molecule has 0 unspecified atom stereocenters. The van der Waals surface area contributed by atoms with E-state index in [2.05, 4.69) is 25.4 Å². The van der Waals surface area contributed by atoms with Gasteiger partial charge in [0.25, 0.3) is 5.87 Å². The van der Waals surface area contributed by atoms with Gasteiger partial charge in [0.05, 0.1) is 40.9 Å². The summed E-state index contributed by atoms with van der Waals surface area (Å²) in [5, 5.41) is 23.5. The minimum atomic E-state index is -4.83. The number of benzene rings is 1. The van der Waals surface area contributed by atoms with E-state index in [1.165, 1.54) is 6.20 Å². The van der Waals surface area contributed by atoms with E-state index in [0.717, 1.165) is 17.1 Å². The molecule has 1 amide bonds. The van der Waals surface area contributed by atoms with Gasteiger partial charge in [0.2, 0.25) is 13.8 Å². The molecule has 194 valence electrons. The van der Waals surface area contributed by atoms with Crippen LogP contribution in [-0.4, -0.2) is 84.3 Å². The molecule has 17 heteroatoms. The zero-order chi connectivity index (χ0) is 29.1. The van der Waals surface area contributed by atoms with Crippen LogP contribution < -0.4 is 10.1 Å². The number of alkyl halides is 3. The number of nitrogens with zero attached hydrogens (tertiary/aromatic N) is 5. The van der Waals surface area contributed by atoms with Gasteiger partial charge in [-0.05, 0) is 18.1 Å². The van der Waals surface area contributed by atoms with E-state index in [1.54, 1.807) is 30.3 Å². The lowest BCUT2D eigenvalue weighted by atomic mass is 9.49. The SMILES string of the molecule is [B]C(O)(O)Oc1cc2ncnc(-c3cnn(C([B])([B])[B])c3-c3ccccc3)c2nc1NC(=O)C1(C(F)(F)F)CC1. The number of anilines is 1. The largest absolute Gasteiger partial charge is 0.445 e. The van der Waals surface area contributed by atoms with Crippen molar-refractivity contribution in [3.8, 4) is 28.3 Å². The van der Waals surface area contributed by atoms with Crippen LogP contribution >= 0.6 is 0 Å². The number of hydrogen-bond donors (Lipinski definition) is 3. The van der Waals surface area contributed by atoms with E-state index in [0.29, 0.717) is 16.8 Å². The van der Waals surface area contributed by atoms with Crippen molar-refractivity contribution in [3.05, 3.63) is 48.9 Å². The number of ether oxygens (including phenoxy) is 1. The van der Waals surface area contributed by atoms with Crippen LogP contribution in [-0.2, 0) is 10.0 Å². The average molecular weight is 540 g/mol. The molecule has 3 aromatic heterocycles. The average Bonchev–Trinajstić information content (AvgIpc) is 3.56. The predicted octanol–water partition coefficient (Wildman–Crippen LogP) is 1.05. The van der Waals surface area contributed by atoms with Gasteiger partial charge < -0.3 is 20.3 Å². The molecule has 3 heterocycles. The zero-order valence-corrected chi connectivity index (χ0v) is 20.4. The van der Waals surface area contributed by atoms with Gasteiger partial charge in [0.15, 0.2) is 11.6 Å². The molecule has 1 aromatic carbocycles. The minimum Gasteiger partial charge on any atom is -0.445 e. The molecular weight excluding hydrogens is 525 g/mol. The van der Waals surface area contributed by atoms with Crippen molar-refractivity contribution >= 4 is 54.1 Å². The fourth-order valence-corrected chi connectivity index (χ4v) is 4.17. The van der Waals surface area contributed by atoms with E-state index in [9.17, 15) is 28.2 Å². The van der Waals surface area contributed by atoms with Crippen molar-refractivity contribution in [1.29, 1.82) is 0 Å². The molecule has 1 aliphatic rings. The third-order valence-corrected chi connectivity index (χ3v) is 6.23. The van der Waals surface area contributed by atoms with Crippen LogP contribution in [0, 0.1) is 5.41 Å². The topological polar surface area (TPSA) is 135 Å². The molecule has 40 heavy (non-hydrogen) atoms. The van der Waals surface area contributed by atoms with Crippen molar-refractivity contribution < 1.29 is 32.9 Å². The summed E-state index contributed by atoms with van der Waals surface area (Å²) in [6.07, 6.45) is -3.19. The molecule has 1 aliphatic carbocycles. The number of pyridine rings is 1. The van der Waals surface area contributed by atoms with Crippen LogP contribution in [0.4, 0.5) is 19.0 Å². The summed E-state index contributed by atoms with van der Waals surface area (Å²) in [6, 6.07) is 9.81. The van der Waals surface area contributed by atoms with Gasteiger partial charge in [-0.15, -0.1) is 0 Å². The Hall–Kier alpha value is -3.84. The molecule has 4 aromatic rings. The smallest absolute Gasteiger partial charge is 0.403 e. The first kappa shape index (κ1) is 27.7. The highest BCUT2D eigenvalue weighted by Gasteiger charge is 2.68. The highest BCUT2D eigenvalue weighted by atomic mass is 19.4. The molecule has 0 spiro atoms. The van der Waals surface area contributed by atoms with Gasteiger partial charge in [-0.25, -0.2) is 15.0 Å². The van der Waals surface area contributed by atoms with E-state index in [1.807, 2.05) is 0 Å². The van der Waals surface area contributed by atoms with E-state index >= 15 is 0 Å². The minimum absolute atomic E-state index is 0.0328. The Morgan fingerprint density at radius 2 is 1.75 bits per heavy atom. The molecule has 8 radical (unpaired) electrons. The van der Waals surface area contributed by atoms with Crippen LogP contribution in [0.3, 0.4) is 0 Å². The number of amides is 1. The first-order valence-corrected chi connectivity index (χ1v) is 11.6. The van der Waals surface area contributed by atoms with E-state index < -0.39 is 53.0 Å². The predicted molar refractivity (Wildman–Crippen MR) is 139 cm³/mol. The number of halogens is 3. The van der Waals surface area contributed by atoms with Crippen LogP contribution in [0.1, 0.15) is 12.8 Å². The first-order chi connectivity index (χ1) is 18.6. The van der Waals surface area contributed by atoms with Crippen LogP contribution in [0.15, 0.2) is 48.9 Å². The van der Waals surface area contributed by atoms with Gasteiger partial charge in [0.1, 0.15) is 23.0 Å². The third-order valence-electron chi connectivity index (χ3n) is 6.23. The molecule has 0 aliphatic heterocycles. The lowest BCUT2D eigenvalue weighted by Gasteiger charge is -2.25. The molecule has 5 rings (SSSR count). The summed E-state index contributed by atoms with van der Waals surface area (Å²) in [4.78, 5) is 25.3. The van der Waals surface area contributed by atoms with Crippen LogP contribution in [0.2, 0.25) is 0 Å². The Kier molecular flexibility index (Phi) is 6.49. The van der Waals surface area contributed by atoms with Crippen LogP contribution in [0.5, 0.6) is 5.75 Å². The Bertz CT molecular complexity index is 1600. The Labute approximate surface area is 230 Å². The lowest BCUT2D eigenvalue weighted by molar-refractivity contribution is -0.223. The number of rotatable bonds is 7. The van der Waals surface area contributed by atoms with E-state index in [-0.39, 0.29) is 16.7 Å². The van der Waals surface area contributed by atoms with Crippen molar-refractivity contribution in [3.63, 3.8) is 0 Å². The van der Waals surface area contributed by atoms with Gasteiger partial charge in [-0.2, -0.15) is 18.3 Å². The second-order valence-electron chi connectivity index (χ2n) is 9.29. The summed E-state index contributed by atoms with van der Waals surface area (Å²) < 4.78 is 46.8. The maximum atomic E-state index is 13.6. The summed E-state index contributed by atoms with van der Waals surface area (Å²) in [5.74, 6) is -5.84. The summed E-state index contributed by atoms with van der Waals surface area (Å²) in [7, 11) is 22.9. The van der Waals surface area contributed by atoms with E-state index in [4.69, 9.17) is 36.1 Å². The summed E-state index contributed by atoms with van der Waals surface area (Å²) >= 11 is 0. The van der Waals surface area contributed by atoms with Gasteiger partial charge in [0, 0.05) is 17.2 Å². The molecule has 0 saturated heterocycles. The molecule has 1 saturated carbocycles. The van der Waals surface area contributed by atoms with Crippen molar-refractivity contribution in [2.75, 3.05) is 5.32 Å². The Morgan fingerprint density at radius 1 is 1.07 bits per heavy atom. The number of nitrogens with one attached hydrogen (secondary N) is 1. The van der Waals surface area contributed by atoms with Crippen molar-refractivity contribution in [2.24, 2.45) is 5.41 Å². The molecule has 10 nitrogen and oxygen atoms in total. The maximum absolute atomic E-state index is 13.6. The zero-order valence-electron chi connectivity index (χ0n) is 20.4. The summed E-state index contributed by atoms with van der Waals surface area (Å²) in [6.45, 7) is 0. The number of aromatic nitrogens is 5. The van der Waals surface area contributed by atoms with Gasteiger partial charge >= 0.3 is 6.18 Å². The maximum Gasteiger partial charge on any atom is 0.403 e. The first-order valence-electron chi connectivity index (χ1n) is 11.6. The molecule has 0 atom stereocenters. The number of carbonyl (C=O) groups excluding carboxylic acids is 1. The third kappa shape index (κ3) is 5.06. The van der Waals surface area contributed by atoms with Gasteiger partial charge in [-0.3, -0.25) is 9.48 Å². The van der Waals surface area contributed by atoms with Crippen molar-refractivity contribution in [1.82, 2.24) is 24.7 Å². The van der Waals surface area contributed by atoms with Gasteiger partial charge in [-0.1, -0.05) is 30.3 Å². The summed E-state index contributed by atoms with van der Waals surface area (Å²) in [5.41, 5.74) is -1.32. The monoisotopic (exact) mass is 540 g/mol.